The largest absolute Gasteiger partial charge is 0.316 e. The van der Waals surface area contributed by atoms with Crippen LogP contribution in [0.25, 0.3) is 0 Å². The van der Waals surface area contributed by atoms with Crippen molar-refractivity contribution < 1.29 is 4.39 Å². The van der Waals surface area contributed by atoms with Crippen LogP contribution < -0.4 is 5.32 Å². The second kappa shape index (κ2) is 1.69. The Morgan fingerprint density at radius 1 is 1.67 bits per heavy atom. The zero-order valence-electron chi connectivity index (χ0n) is 5.49. The molecule has 2 aliphatic rings. The fraction of sp³-hybridized carbons (Fsp3) is 1.00. The maximum atomic E-state index is 12.3. The highest BCUT2D eigenvalue weighted by atomic mass is 19.1. The highest BCUT2D eigenvalue weighted by Gasteiger charge is 2.54. The Morgan fingerprint density at radius 3 is 3.11 bits per heavy atom. The van der Waals surface area contributed by atoms with E-state index in [1.165, 1.54) is 0 Å². The summed E-state index contributed by atoms with van der Waals surface area (Å²) in [5.74, 6) is 0.677. The van der Waals surface area contributed by atoms with Crippen molar-refractivity contribution in [3.63, 3.8) is 0 Å². The van der Waals surface area contributed by atoms with Gasteiger partial charge in [0.25, 0.3) is 0 Å². The van der Waals surface area contributed by atoms with Gasteiger partial charge < -0.3 is 5.32 Å². The summed E-state index contributed by atoms with van der Waals surface area (Å²) in [6.07, 6.45) is 2.20. The van der Waals surface area contributed by atoms with Gasteiger partial charge in [0.2, 0.25) is 0 Å². The van der Waals surface area contributed by atoms with Crippen molar-refractivity contribution >= 4 is 0 Å². The summed E-state index contributed by atoms with van der Waals surface area (Å²) >= 11 is 0. The van der Waals surface area contributed by atoms with E-state index in [1.807, 2.05) is 0 Å². The lowest BCUT2D eigenvalue weighted by Crippen LogP contribution is -2.30. The van der Waals surface area contributed by atoms with Crippen LogP contribution in [0.2, 0.25) is 0 Å². The maximum Gasteiger partial charge on any atom is 0.0954 e. The van der Waals surface area contributed by atoms with Gasteiger partial charge in [-0.1, -0.05) is 0 Å². The van der Waals surface area contributed by atoms with Crippen LogP contribution in [-0.2, 0) is 0 Å². The molecule has 9 heavy (non-hydrogen) atoms. The highest BCUT2D eigenvalue weighted by molar-refractivity contribution is 5.05. The summed E-state index contributed by atoms with van der Waals surface area (Å²) in [4.78, 5) is 0. The van der Waals surface area contributed by atoms with Gasteiger partial charge in [0.1, 0.15) is 0 Å². The highest BCUT2D eigenvalue weighted by Crippen LogP contribution is 2.56. The number of halogens is 1. The molecular weight excluding hydrogens is 117 g/mol. The van der Waals surface area contributed by atoms with E-state index in [-0.39, 0.29) is 12.1 Å². The predicted molar refractivity (Wildman–Crippen MR) is 34.0 cm³/mol. The van der Waals surface area contributed by atoms with Crippen LogP contribution in [0, 0.1) is 11.3 Å². The van der Waals surface area contributed by atoms with Gasteiger partial charge in [-0.3, -0.25) is 4.39 Å². The van der Waals surface area contributed by atoms with Gasteiger partial charge in [0.05, 0.1) is 6.67 Å². The number of hydrogen-bond acceptors (Lipinski definition) is 1. The Kier molecular flexibility index (Phi) is 1.06. The third kappa shape index (κ3) is 0.692. The molecule has 1 aliphatic carbocycles. The number of nitrogens with one attached hydrogen (secondary N) is 1. The molecule has 1 heterocycles. The minimum Gasteiger partial charge on any atom is -0.316 e. The maximum absolute atomic E-state index is 12.3. The minimum atomic E-state index is -0.0840. The molecule has 52 valence electrons. The van der Waals surface area contributed by atoms with Gasteiger partial charge in [0.15, 0.2) is 0 Å². The van der Waals surface area contributed by atoms with E-state index in [0.717, 1.165) is 25.9 Å². The molecule has 2 rings (SSSR count). The smallest absolute Gasteiger partial charge is 0.0954 e. The van der Waals surface area contributed by atoms with Gasteiger partial charge in [-0.2, -0.15) is 0 Å². The molecule has 2 fully saturated rings. The van der Waals surface area contributed by atoms with Crippen molar-refractivity contribution in [2.45, 2.75) is 12.8 Å². The summed E-state index contributed by atoms with van der Waals surface area (Å²) in [7, 11) is 0. The molecule has 2 atom stereocenters. The number of fused-ring (bicyclic) bond motifs is 1. The normalized spacial score (nSPS) is 48.3. The van der Waals surface area contributed by atoms with Gasteiger partial charge in [0, 0.05) is 5.41 Å². The average molecular weight is 129 g/mol. The first kappa shape index (κ1) is 5.66. The zero-order chi connectivity index (χ0) is 6.32. The number of rotatable bonds is 1. The van der Waals surface area contributed by atoms with E-state index in [4.69, 9.17) is 0 Å². The second-order valence-corrected chi connectivity index (χ2v) is 3.35. The molecule has 0 aromatic rings. The Morgan fingerprint density at radius 2 is 2.56 bits per heavy atom. The van der Waals surface area contributed by atoms with Crippen LogP contribution in [0.15, 0.2) is 0 Å². The molecule has 0 spiro atoms. The van der Waals surface area contributed by atoms with Gasteiger partial charge >= 0.3 is 0 Å². The van der Waals surface area contributed by atoms with Crippen LogP contribution in [0.4, 0.5) is 4.39 Å². The second-order valence-electron chi connectivity index (χ2n) is 3.35. The Hall–Kier alpha value is -0.110. The summed E-state index contributed by atoms with van der Waals surface area (Å²) in [6, 6.07) is 0. The molecule has 0 unspecified atom stereocenters. The molecule has 1 saturated carbocycles. The molecule has 1 saturated heterocycles. The van der Waals surface area contributed by atoms with Crippen LogP contribution in [0.5, 0.6) is 0 Å². The molecule has 0 radical (unpaired) electrons. The summed E-state index contributed by atoms with van der Waals surface area (Å²) in [6.45, 7) is 2.00. The Balaban J connectivity index is 2.01. The molecule has 1 nitrogen and oxygen atoms in total. The van der Waals surface area contributed by atoms with Crippen LogP contribution in [0.3, 0.4) is 0 Å². The van der Waals surface area contributed by atoms with Crippen molar-refractivity contribution in [1.82, 2.24) is 5.32 Å². The van der Waals surface area contributed by atoms with E-state index in [9.17, 15) is 4.39 Å². The van der Waals surface area contributed by atoms with Crippen molar-refractivity contribution in [2.75, 3.05) is 19.8 Å². The number of alkyl halides is 1. The van der Waals surface area contributed by atoms with Crippen molar-refractivity contribution in [3.05, 3.63) is 0 Å². The molecule has 0 aromatic heterocycles. The Bertz CT molecular complexity index is 126. The average Bonchev–Trinajstić information content (AvgIpc) is 2.62. The van der Waals surface area contributed by atoms with Crippen LogP contribution >= 0.6 is 0 Å². The third-order valence-corrected chi connectivity index (χ3v) is 2.82. The molecule has 2 heteroatoms. The van der Waals surface area contributed by atoms with E-state index >= 15 is 0 Å². The molecule has 0 amide bonds. The topological polar surface area (TPSA) is 12.0 Å². The fourth-order valence-electron chi connectivity index (χ4n) is 1.87. The van der Waals surface area contributed by atoms with Crippen molar-refractivity contribution in [1.29, 1.82) is 0 Å². The first-order valence-electron chi connectivity index (χ1n) is 3.64. The van der Waals surface area contributed by atoms with Crippen LogP contribution in [0.1, 0.15) is 12.8 Å². The molecular formula is C7H12FN. The zero-order valence-corrected chi connectivity index (χ0v) is 5.49. The lowest BCUT2D eigenvalue weighted by Gasteiger charge is -2.18. The fourth-order valence-corrected chi connectivity index (χ4v) is 1.87. The summed E-state index contributed by atoms with van der Waals surface area (Å²) < 4.78 is 12.3. The van der Waals surface area contributed by atoms with E-state index in [2.05, 4.69) is 5.32 Å². The molecule has 0 bridgehead atoms. The SMILES string of the molecule is FC[C@]12CCNC[C@@H]1C2. The first-order chi connectivity index (χ1) is 4.37. The van der Waals surface area contributed by atoms with Gasteiger partial charge in [-0.05, 0) is 31.8 Å². The third-order valence-electron chi connectivity index (χ3n) is 2.82. The molecule has 0 aromatic carbocycles. The lowest BCUT2D eigenvalue weighted by molar-refractivity contribution is 0.268. The van der Waals surface area contributed by atoms with Gasteiger partial charge in [-0.25, -0.2) is 0 Å². The lowest BCUT2D eigenvalue weighted by atomic mass is 9.98. The number of hydrogen-bond donors (Lipinski definition) is 1. The van der Waals surface area contributed by atoms with E-state index < -0.39 is 0 Å². The van der Waals surface area contributed by atoms with Crippen molar-refractivity contribution in [3.8, 4) is 0 Å². The monoisotopic (exact) mass is 129 g/mol. The van der Waals surface area contributed by atoms with E-state index in [1.54, 1.807) is 0 Å². The number of piperidine rings is 1. The van der Waals surface area contributed by atoms with Gasteiger partial charge in [-0.15, -0.1) is 0 Å². The molecule has 1 aliphatic heterocycles. The van der Waals surface area contributed by atoms with Crippen molar-refractivity contribution in [2.24, 2.45) is 11.3 Å². The Labute approximate surface area is 54.6 Å². The summed E-state index contributed by atoms with van der Waals surface area (Å²) in [5.41, 5.74) is 0.158. The minimum absolute atomic E-state index is 0.0840. The standard InChI is InChI=1S/C7H12FN/c8-5-7-1-2-9-4-6(7)3-7/h6,9H,1-5H2/t6-,7+/m0/s1. The summed E-state index contributed by atoms with van der Waals surface area (Å²) in [5, 5.41) is 3.27. The predicted octanol–water partition coefficient (Wildman–Crippen LogP) is 0.956. The molecule has 1 N–H and O–H groups in total. The van der Waals surface area contributed by atoms with Crippen LogP contribution in [-0.4, -0.2) is 19.8 Å². The first-order valence-corrected chi connectivity index (χ1v) is 3.64. The van der Waals surface area contributed by atoms with E-state index in [0.29, 0.717) is 5.92 Å². The quantitative estimate of drug-likeness (QED) is 0.556.